The maximum atomic E-state index is 12.2. The van der Waals surface area contributed by atoms with Crippen LogP contribution in [0.5, 0.6) is 0 Å². The summed E-state index contributed by atoms with van der Waals surface area (Å²) in [6.07, 6.45) is -3.00. The van der Waals surface area contributed by atoms with Crippen molar-refractivity contribution in [2.75, 3.05) is 0 Å². The van der Waals surface area contributed by atoms with E-state index in [9.17, 15) is 18.0 Å². The summed E-state index contributed by atoms with van der Waals surface area (Å²) in [5.74, 6) is -0.0537. The number of halogens is 3. The number of carbonyl (C=O) groups excluding carboxylic acids is 1. The summed E-state index contributed by atoms with van der Waals surface area (Å²) >= 11 is 0. The first kappa shape index (κ1) is 10.2. The van der Waals surface area contributed by atoms with Crippen LogP contribution in [-0.2, 0) is 11.0 Å². The molecule has 0 aliphatic heterocycles. The zero-order chi connectivity index (χ0) is 11.1. The van der Waals surface area contributed by atoms with Crippen LogP contribution >= 0.6 is 0 Å². The third kappa shape index (κ3) is 1.89. The van der Waals surface area contributed by atoms with Crippen molar-refractivity contribution < 1.29 is 18.0 Å². The first-order valence-corrected chi connectivity index (χ1v) is 4.68. The number of Topliss-reactive ketones (excluding diaryl/α,β-unsaturated/α-hetero) is 1. The van der Waals surface area contributed by atoms with E-state index in [1.54, 1.807) is 0 Å². The lowest BCUT2D eigenvalue weighted by Crippen LogP contribution is -2.23. The van der Waals surface area contributed by atoms with Crippen LogP contribution in [0.25, 0.3) is 0 Å². The quantitative estimate of drug-likeness (QED) is 0.701. The average Bonchev–Trinajstić information content (AvgIpc) is 2.15. The van der Waals surface area contributed by atoms with E-state index >= 15 is 0 Å². The molecule has 0 N–H and O–H groups in total. The van der Waals surface area contributed by atoms with E-state index in [1.165, 1.54) is 12.1 Å². The van der Waals surface area contributed by atoms with Gasteiger partial charge in [0.15, 0.2) is 0 Å². The van der Waals surface area contributed by atoms with Crippen molar-refractivity contribution in [3.63, 3.8) is 0 Å². The predicted octanol–water partition coefficient (Wildman–Crippen LogP) is 3.15. The molecular weight excluding hydrogens is 205 g/mol. The summed E-state index contributed by atoms with van der Waals surface area (Å²) in [7, 11) is 0. The van der Waals surface area contributed by atoms with Gasteiger partial charge in [-0.15, -0.1) is 0 Å². The van der Waals surface area contributed by atoms with Crippen molar-refractivity contribution >= 4 is 5.78 Å². The Morgan fingerprint density at radius 3 is 2.07 bits per heavy atom. The predicted molar refractivity (Wildman–Crippen MR) is 48.4 cm³/mol. The Morgan fingerprint density at radius 1 is 1.13 bits per heavy atom. The number of hydrogen-bond donors (Lipinski definition) is 0. The fourth-order valence-electron chi connectivity index (χ4n) is 1.66. The van der Waals surface area contributed by atoms with Crippen LogP contribution in [0.15, 0.2) is 24.3 Å². The molecule has 80 valence electrons. The molecule has 0 aromatic heterocycles. The monoisotopic (exact) mass is 214 g/mol. The summed E-state index contributed by atoms with van der Waals surface area (Å²) in [6.45, 7) is 0. The van der Waals surface area contributed by atoms with Gasteiger partial charge < -0.3 is 0 Å². The second-order valence-corrected chi connectivity index (χ2v) is 3.68. The van der Waals surface area contributed by atoms with Crippen LogP contribution in [-0.4, -0.2) is 5.78 Å². The number of carbonyl (C=O) groups is 1. The third-order valence-corrected chi connectivity index (χ3v) is 2.71. The lowest BCUT2D eigenvalue weighted by Gasteiger charge is -2.24. The number of benzene rings is 1. The van der Waals surface area contributed by atoms with Gasteiger partial charge in [-0.05, 0) is 24.1 Å². The topological polar surface area (TPSA) is 17.1 Å². The third-order valence-electron chi connectivity index (χ3n) is 2.71. The molecule has 1 aliphatic rings. The molecule has 1 aromatic rings. The maximum absolute atomic E-state index is 12.2. The van der Waals surface area contributed by atoms with Crippen LogP contribution in [0.2, 0.25) is 0 Å². The van der Waals surface area contributed by atoms with Gasteiger partial charge in [-0.25, -0.2) is 0 Å². The van der Waals surface area contributed by atoms with Crippen LogP contribution in [0, 0.1) is 0 Å². The summed E-state index contributed by atoms with van der Waals surface area (Å²) < 4.78 is 36.7. The van der Waals surface area contributed by atoms with Gasteiger partial charge in [0.05, 0.1) is 5.56 Å². The molecule has 2 rings (SSSR count). The lowest BCUT2D eigenvalue weighted by atomic mass is 9.78. The highest BCUT2D eigenvalue weighted by Crippen LogP contribution is 2.35. The second-order valence-electron chi connectivity index (χ2n) is 3.68. The Kier molecular flexibility index (Phi) is 2.29. The maximum Gasteiger partial charge on any atom is 0.416 e. The van der Waals surface area contributed by atoms with Gasteiger partial charge in [-0.2, -0.15) is 13.2 Å². The van der Waals surface area contributed by atoms with Gasteiger partial charge in [0, 0.05) is 12.3 Å². The molecule has 0 spiro atoms. The molecule has 0 amide bonds. The van der Waals surface area contributed by atoms with Gasteiger partial charge in [-0.1, -0.05) is 12.1 Å². The highest BCUT2D eigenvalue weighted by Gasteiger charge is 2.32. The summed E-state index contributed by atoms with van der Waals surface area (Å²) in [4.78, 5) is 11.1. The van der Waals surface area contributed by atoms with Gasteiger partial charge in [0.2, 0.25) is 0 Å². The van der Waals surface area contributed by atoms with Gasteiger partial charge in [0.25, 0.3) is 0 Å². The van der Waals surface area contributed by atoms with E-state index in [2.05, 4.69) is 0 Å². The van der Waals surface area contributed by atoms with Crippen LogP contribution < -0.4 is 0 Å². The fraction of sp³-hybridized carbons (Fsp3) is 0.364. The molecule has 1 nitrogen and oxygen atoms in total. The SMILES string of the molecule is O=C1CC[C@@H]1c1ccc(C(F)(F)F)cc1. The Bertz CT molecular complexity index is 378. The van der Waals surface area contributed by atoms with Gasteiger partial charge in [-0.3, -0.25) is 4.79 Å². The number of ketones is 1. The molecule has 0 unspecified atom stereocenters. The van der Waals surface area contributed by atoms with Crippen molar-refractivity contribution in [3.8, 4) is 0 Å². The average molecular weight is 214 g/mol. The minimum absolute atomic E-state index is 0.120. The molecular formula is C11H9F3O. The molecule has 1 atom stereocenters. The Hall–Kier alpha value is -1.32. The van der Waals surface area contributed by atoms with Crippen LogP contribution in [0.3, 0.4) is 0 Å². The minimum atomic E-state index is -4.30. The molecule has 0 radical (unpaired) electrons. The zero-order valence-electron chi connectivity index (χ0n) is 7.84. The van der Waals surface area contributed by atoms with Crippen molar-refractivity contribution in [1.29, 1.82) is 0 Å². The number of hydrogen-bond acceptors (Lipinski definition) is 1. The van der Waals surface area contributed by atoms with E-state index in [1.807, 2.05) is 0 Å². The number of alkyl halides is 3. The number of rotatable bonds is 1. The van der Waals surface area contributed by atoms with Crippen LogP contribution in [0.1, 0.15) is 29.9 Å². The van der Waals surface area contributed by atoms with E-state index in [-0.39, 0.29) is 11.7 Å². The second kappa shape index (κ2) is 3.36. The fourth-order valence-corrected chi connectivity index (χ4v) is 1.66. The van der Waals surface area contributed by atoms with E-state index in [4.69, 9.17) is 0 Å². The molecule has 1 saturated carbocycles. The van der Waals surface area contributed by atoms with E-state index in [0.717, 1.165) is 18.6 Å². The van der Waals surface area contributed by atoms with Crippen molar-refractivity contribution in [2.24, 2.45) is 0 Å². The van der Waals surface area contributed by atoms with Crippen LogP contribution in [0.4, 0.5) is 13.2 Å². The molecule has 1 aliphatic carbocycles. The van der Waals surface area contributed by atoms with Crippen molar-refractivity contribution in [1.82, 2.24) is 0 Å². The molecule has 0 bridgehead atoms. The van der Waals surface area contributed by atoms with Gasteiger partial charge >= 0.3 is 6.18 Å². The molecule has 4 heteroatoms. The largest absolute Gasteiger partial charge is 0.416 e. The molecule has 1 aromatic carbocycles. The molecule has 15 heavy (non-hydrogen) atoms. The Labute approximate surface area is 84.9 Å². The zero-order valence-corrected chi connectivity index (χ0v) is 7.84. The summed E-state index contributed by atoms with van der Waals surface area (Å²) in [5.41, 5.74) is 0.0253. The molecule has 0 saturated heterocycles. The lowest BCUT2D eigenvalue weighted by molar-refractivity contribution is -0.137. The summed E-state index contributed by atoms with van der Waals surface area (Å²) in [5, 5.41) is 0. The normalized spacial score (nSPS) is 21.3. The highest BCUT2D eigenvalue weighted by molar-refractivity contribution is 5.91. The Balaban J connectivity index is 2.21. The van der Waals surface area contributed by atoms with Gasteiger partial charge in [0.1, 0.15) is 5.78 Å². The molecule has 1 fully saturated rings. The van der Waals surface area contributed by atoms with Crippen molar-refractivity contribution in [3.05, 3.63) is 35.4 Å². The first-order valence-electron chi connectivity index (χ1n) is 4.68. The minimum Gasteiger partial charge on any atom is -0.299 e. The smallest absolute Gasteiger partial charge is 0.299 e. The Morgan fingerprint density at radius 2 is 1.73 bits per heavy atom. The van der Waals surface area contributed by atoms with E-state index < -0.39 is 11.7 Å². The standard InChI is InChI=1S/C11H9F3O/c12-11(13,14)8-3-1-7(2-4-8)9-5-6-10(9)15/h1-4,9H,5-6H2/t9-/m1/s1. The highest BCUT2D eigenvalue weighted by atomic mass is 19.4. The first-order chi connectivity index (χ1) is 6.98. The summed E-state index contributed by atoms with van der Waals surface area (Å²) in [6, 6.07) is 4.84. The van der Waals surface area contributed by atoms with E-state index in [0.29, 0.717) is 12.0 Å². The molecule has 0 heterocycles. The van der Waals surface area contributed by atoms with Crippen molar-refractivity contribution in [2.45, 2.75) is 24.9 Å².